The molecule has 0 unspecified atom stereocenters. The van der Waals surface area contributed by atoms with Crippen LogP contribution in [0.15, 0.2) is 18.3 Å². The number of fused-ring (bicyclic) bond motifs is 1. The molecule has 2 rings (SSSR count). The Morgan fingerprint density at radius 2 is 2.24 bits per heavy atom. The summed E-state index contributed by atoms with van der Waals surface area (Å²) in [6.45, 7) is 5.76. The number of nitrogens with one attached hydrogen (secondary N) is 1. The third-order valence-corrected chi connectivity index (χ3v) is 2.64. The predicted octanol–water partition coefficient (Wildman–Crippen LogP) is 2.43. The molecule has 0 atom stereocenters. The van der Waals surface area contributed by atoms with Gasteiger partial charge in [-0.3, -0.25) is 4.79 Å². The fraction of sp³-hybridized carbons (Fsp3) is 0.333. The lowest BCUT2D eigenvalue weighted by Crippen LogP contribution is -2.30. The van der Waals surface area contributed by atoms with Gasteiger partial charge in [-0.25, -0.2) is 4.98 Å². The number of hydrogen-bond acceptors (Lipinski definition) is 2. The number of aromatic nitrogens is 2. The van der Waals surface area contributed by atoms with E-state index in [1.165, 1.54) is 0 Å². The van der Waals surface area contributed by atoms with Crippen LogP contribution in [0.3, 0.4) is 0 Å². The van der Waals surface area contributed by atoms with Crippen LogP contribution in [0.1, 0.15) is 29.9 Å². The zero-order valence-corrected chi connectivity index (χ0v) is 10.7. The minimum absolute atomic E-state index is 0.0951. The maximum Gasteiger partial charge on any atom is 0.255 e. The summed E-state index contributed by atoms with van der Waals surface area (Å²) in [6.07, 6.45) is 1.82. The van der Waals surface area contributed by atoms with E-state index in [0.717, 1.165) is 5.69 Å². The fourth-order valence-corrected chi connectivity index (χ4v) is 1.95. The summed E-state index contributed by atoms with van der Waals surface area (Å²) < 4.78 is 1.85. The van der Waals surface area contributed by atoms with Crippen LogP contribution in [-0.4, -0.2) is 21.3 Å². The summed E-state index contributed by atoms with van der Waals surface area (Å²) in [4.78, 5) is 16.1. The van der Waals surface area contributed by atoms with Crippen molar-refractivity contribution in [3.63, 3.8) is 0 Å². The number of amides is 1. The summed E-state index contributed by atoms with van der Waals surface area (Å²) in [5.74, 6) is -0.128. The Morgan fingerprint density at radius 3 is 2.88 bits per heavy atom. The Bertz CT molecular complexity index is 574. The molecule has 2 aromatic heterocycles. The van der Waals surface area contributed by atoms with E-state index in [2.05, 4.69) is 10.3 Å². The average Bonchev–Trinajstić information content (AvgIpc) is 2.59. The molecule has 0 spiro atoms. The largest absolute Gasteiger partial charge is 0.350 e. The molecule has 4 nitrogen and oxygen atoms in total. The van der Waals surface area contributed by atoms with E-state index in [1.54, 1.807) is 12.1 Å². The van der Waals surface area contributed by atoms with Crippen LogP contribution < -0.4 is 5.32 Å². The molecule has 1 N–H and O–H groups in total. The molecular formula is C12H14ClN3O. The highest BCUT2D eigenvalue weighted by Gasteiger charge is 2.14. The number of carbonyl (C=O) groups is 1. The molecule has 90 valence electrons. The van der Waals surface area contributed by atoms with E-state index in [4.69, 9.17) is 11.6 Å². The smallest absolute Gasteiger partial charge is 0.255 e. The monoisotopic (exact) mass is 251 g/mol. The Morgan fingerprint density at radius 1 is 1.53 bits per heavy atom. The van der Waals surface area contributed by atoms with Crippen molar-refractivity contribution in [1.82, 2.24) is 14.7 Å². The van der Waals surface area contributed by atoms with E-state index >= 15 is 0 Å². The minimum atomic E-state index is -0.128. The maximum absolute atomic E-state index is 11.9. The number of aryl methyl sites for hydroxylation is 1. The lowest BCUT2D eigenvalue weighted by Gasteiger charge is -2.07. The van der Waals surface area contributed by atoms with Crippen molar-refractivity contribution in [2.75, 3.05) is 0 Å². The molecule has 0 aromatic carbocycles. The number of halogens is 1. The second kappa shape index (κ2) is 4.37. The van der Waals surface area contributed by atoms with E-state index in [9.17, 15) is 4.79 Å². The molecule has 1 amide bonds. The van der Waals surface area contributed by atoms with Crippen LogP contribution in [0.2, 0.25) is 5.15 Å². The number of nitrogens with zero attached hydrogens (tertiary/aromatic N) is 2. The third kappa shape index (κ3) is 2.26. The number of rotatable bonds is 2. The minimum Gasteiger partial charge on any atom is -0.350 e. The van der Waals surface area contributed by atoms with Crippen LogP contribution in [0, 0.1) is 6.92 Å². The third-order valence-electron chi connectivity index (χ3n) is 2.44. The first-order valence-corrected chi connectivity index (χ1v) is 5.82. The highest BCUT2D eigenvalue weighted by atomic mass is 35.5. The van der Waals surface area contributed by atoms with Crippen molar-refractivity contribution in [2.45, 2.75) is 26.8 Å². The van der Waals surface area contributed by atoms with Gasteiger partial charge >= 0.3 is 0 Å². The van der Waals surface area contributed by atoms with Crippen molar-refractivity contribution in [3.8, 4) is 0 Å². The van der Waals surface area contributed by atoms with Gasteiger partial charge in [0.2, 0.25) is 0 Å². The SMILES string of the molecule is Cc1cc(Cl)nc2c(C(=O)NC(C)C)ccn12. The van der Waals surface area contributed by atoms with Gasteiger partial charge in [0.05, 0.1) is 5.56 Å². The molecule has 0 fully saturated rings. The molecular weight excluding hydrogens is 238 g/mol. The van der Waals surface area contributed by atoms with E-state index < -0.39 is 0 Å². The summed E-state index contributed by atoms with van der Waals surface area (Å²) in [7, 11) is 0. The zero-order valence-electron chi connectivity index (χ0n) is 9.99. The normalized spacial score (nSPS) is 11.1. The first-order valence-electron chi connectivity index (χ1n) is 5.44. The van der Waals surface area contributed by atoms with Crippen LogP contribution in [0.5, 0.6) is 0 Å². The Balaban J connectivity index is 2.52. The Labute approximate surface area is 105 Å². The molecule has 0 radical (unpaired) electrons. The van der Waals surface area contributed by atoms with Gasteiger partial charge < -0.3 is 9.72 Å². The lowest BCUT2D eigenvalue weighted by molar-refractivity contribution is 0.0944. The molecule has 17 heavy (non-hydrogen) atoms. The quantitative estimate of drug-likeness (QED) is 0.834. The molecule has 0 aliphatic heterocycles. The first kappa shape index (κ1) is 11.9. The molecule has 0 saturated carbocycles. The van der Waals surface area contributed by atoms with Crippen molar-refractivity contribution in [2.24, 2.45) is 0 Å². The second-order valence-electron chi connectivity index (χ2n) is 4.27. The van der Waals surface area contributed by atoms with Crippen LogP contribution in [-0.2, 0) is 0 Å². The van der Waals surface area contributed by atoms with Crippen molar-refractivity contribution in [3.05, 3.63) is 34.7 Å². The van der Waals surface area contributed by atoms with Crippen molar-refractivity contribution < 1.29 is 4.79 Å². The average molecular weight is 252 g/mol. The van der Waals surface area contributed by atoms with Gasteiger partial charge in [-0.1, -0.05) is 11.6 Å². The van der Waals surface area contributed by atoms with Gasteiger partial charge in [-0.15, -0.1) is 0 Å². The van der Waals surface area contributed by atoms with Crippen LogP contribution in [0.4, 0.5) is 0 Å². The van der Waals surface area contributed by atoms with E-state index in [1.807, 2.05) is 31.4 Å². The first-order chi connectivity index (χ1) is 7.99. The molecule has 2 heterocycles. The van der Waals surface area contributed by atoms with Crippen LogP contribution >= 0.6 is 11.6 Å². The van der Waals surface area contributed by atoms with Gasteiger partial charge in [0, 0.05) is 17.9 Å². The topological polar surface area (TPSA) is 46.4 Å². The summed E-state index contributed by atoms with van der Waals surface area (Å²) in [5, 5.41) is 3.24. The number of carbonyl (C=O) groups excluding carboxylic acids is 1. The second-order valence-corrected chi connectivity index (χ2v) is 4.66. The maximum atomic E-state index is 11.9. The molecule has 0 aliphatic carbocycles. The highest BCUT2D eigenvalue weighted by molar-refractivity contribution is 6.29. The molecule has 2 aromatic rings. The van der Waals surface area contributed by atoms with Gasteiger partial charge in [-0.05, 0) is 32.9 Å². The van der Waals surface area contributed by atoms with Crippen molar-refractivity contribution in [1.29, 1.82) is 0 Å². The Kier molecular flexibility index (Phi) is 3.07. The van der Waals surface area contributed by atoms with Crippen molar-refractivity contribution >= 4 is 23.2 Å². The van der Waals surface area contributed by atoms with Gasteiger partial charge in [0.25, 0.3) is 5.91 Å². The predicted molar refractivity (Wildman–Crippen MR) is 67.5 cm³/mol. The fourth-order valence-electron chi connectivity index (χ4n) is 1.72. The molecule has 0 bridgehead atoms. The molecule has 0 aliphatic rings. The molecule has 5 heteroatoms. The summed E-state index contributed by atoms with van der Waals surface area (Å²) in [5.41, 5.74) is 2.08. The van der Waals surface area contributed by atoms with Gasteiger partial charge in [0.15, 0.2) is 5.65 Å². The highest BCUT2D eigenvalue weighted by Crippen LogP contribution is 2.16. The zero-order chi connectivity index (χ0) is 12.6. The summed E-state index contributed by atoms with van der Waals surface area (Å²) in [6, 6.07) is 3.61. The van der Waals surface area contributed by atoms with Gasteiger partial charge in [0.1, 0.15) is 5.15 Å². The number of hydrogen-bond donors (Lipinski definition) is 1. The summed E-state index contributed by atoms with van der Waals surface area (Å²) >= 11 is 5.91. The Hall–Kier alpha value is -1.55. The van der Waals surface area contributed by atoms with E-state index in [0.29, 0.717) is 16.4 Å². The standard InChI is InChI=1S/C12H14ClN3O/c1-7(2)14-12(17)9-4-5-16-8(3)6-10(13)15-11(9)16/h4-7H,1-3H3,(H,14,17). The molecule has 0 saturated heterocycles. The van der Waals surface area contributed by atoms with E-state index in [-0.39, 0.29) is 11.9 Å². The van der Waals surface area contributed by atoms with Crippen LogP contribution in [0.25, 0.3) is 5.65 Å². The lowest BCUT2D eigenvalue weighted by atomic mass is 10.2. The van der Waals surface area contributed by atoms with Gasteiger partial charge in [-0.2, -0.15) is 0 Å².